The maximum absolute atomic E-state index is 14.9. The van der Waals surface area contributed by atoms with Crippen molar-refractivity contribution in [3.05, 3.63) is 30.3 Å². The van der Waals surface area contributed by atoms with Crippen molar-refractivity contribution < 1.29 is 27.5 Å². The molecular weight excluding hydrogens is 677 g/mol. The standard InChI is InChI=1S/C41H76O6SSi2/c1-14-50(15-2,16-3)47-39(7,8)28-20-24-32(36(30-37(42)40(9,10)43)48(44,45)31-22-18-17-19-23-31)33-26-27-34-35(25-21-29-41(33,34)11)46-49(12,13)38(4,5)6/h17-19,22-23,32-37,42-43H,14-16,20-21,24-30H2,1-13H3/t32?,33-,34?,35+,36-,37-,41-/m1/s1. The van der Waals surface area contributed by atoms with Gasteiger partial charge in [0.15, 0.2) is 26.5 Å². The van der Waals surface area contributed by atoms with Crippen molar-refractivity contribution >= 4 is 26.5 Å². The Morgan fingerprint density at radius 3 is 2.04 bits per heavy atom. The Hall–Kier alpha value is -0.556. The zero-order valence-corrected chi connectivity index (χ0v) is 37.1. The largest absolute Gasteiger partial charge is 0.414 e. The quantitative estimate of drug-likeness (QED) is 0.145. The Morgan fingerprint density at radius 1 is 0.940 bits per heavy atom. The summed E-state index contributed by atoms with van der Waals surface area (Å²) >= 11 is 0. The second kappa shape index (κ2) is 16.4. The maximum Gasteiger partial charge on any atom is 0.192 e. The molecule has 1 aromatic rings. The average Bonchev–Trinajstić information content (AvgIpc) is 3.37. The van der Waals surface area contributed by atoms with Gasteiger partial charge in [-0.15, -0.1) is 0 Å². The zero-order chi connectivity index (χ0) is 38.0. The lowest BCUT2D eigenvalue weighted by Crippen LogP contribution is -2.51. The van der Waals surface area contributed by atoms with Crippen LogP contribution in [0.25, 0.3) is 0 Å². The third kappa shape index (κ3) is 9.94. The monoisotopic (exact) mass is 752 g/mol. The van der Waals surface area contributed by atoms with Gasteiger partial charge >= 0.3 is 0 Å². The number of hydrogen-bond acceptors (Lipinski definition) is 6. The van der Waals surface area contributed by atoms with Crippen molar-refractivity contribution in [3.8, 4) is 0 Å². The molecule has 0 spiro atoms. The van der Waals surface area contributed by atoms with E-state index < -0.39 is 43.4 Å². The number of hydrogen-bond donors (Lipinski definition) is 2. The molecule has 0 saturated heterocycles. The highest BCUT2D eigenvalue weighted by molar-refractivity contribution is 7.92. The Bertz CT molecular complexity index is 1310. The number of fused-ring (bicyclic) bond motifs is 1. The molecule has 2 N–H and O–H groups in total. The van der Waals surface area contributed by atoms with E-state index in [0.29, 0.717) is 10.8 Å². The van der Waals surface area contributed by atoms with Crippen molar-refractivity contribution in [1.82, 2.24) is 0 Å². The van der Waals surface area contributed by atoms with Gasteiger partial charge in [-0.1, -0.05) is 79.5 Å². The molecule has 50 heavy (non-hydrogen) atoms. The molecule has 1 aromatic carbocycles. The van der Waals surface area contributed by atoms with E-state index in [2.05, 4.69) is 75.4 Å². The molecule has 7 atom stereocenters. The first kappa shape index (κ1) is 43.8. The average molecular weight is 753 g/mol. The molecule has 9 heteroatoms. The van der Waals surface area contributed by atoms with Crippen LogP contribution in [0.15, 0.2) is 35.2 Å². The van der Waals surface area contributed by atoms with Crippen LogP contribution in [0.3, 0.4) is 0 Å². The number of rotatable bonds is 18. The van der Waals surface area contributed by atoms with E-state index in [1.165, 1.54) is 0 Å². The van der Waals surface area contributed by atoms with Gasteiger partial charge in [0.25, 0.3) is 0 Å². The molecule has 0 heterocycles. The maximum atomic E-state index is 14.9. The second-order valence-electron chi connectivity index (χ2n) is 19.1. The van der Waals surface area contributed by atoms with Crippen LogP contribution in [0.5, 0.6) is 0 Å². The Morgan fingerprint density at radius 2 is 1.52 bits per heavy atom. The van der Waals surface area contributed by atoms with Gasteiger partial charge in [0.1, 0.15) is 0 Å². The molecule has 3 rings (SSSR count). The van der Waals surface area contributed by atoms with Crippen molar-refractivity contribution in [3.63, 3.8) is 0 Å². The minimum absolute atomic E-state index is 0.00393. The molecule has 0 aromatic heterocycles. The number of benzene rings is 1. The van der Waals surface area contributed by atoms with Gasteiger partial charge in [-0.3, -0.25) is 0 Å². The third-order valence-electron chi connectivity index (χ3n) is 13.9. The number of aliphatic hydroxyl groups is 2. The Balaban J connectivity index is 2.09. The highest BCUT2D eigenvalue weighted by atomic mass is 32.2. The lowest BCUT2D eigenvalue weighted by molar-refractivity contribution is -0.0583. The summed E-state index contributed by atoms with van der Waals surface area (Å²) in [5.74, 6) is 0.359. The summed E-state index contributed by atoms with van der Waals surface area (Å²) in [6.45, 7) is 28.5. The fourth-order valence-electron chi connectivity index (χ4n) is 9.40. The van der Waals surface area contributed by atoms with Gasteiger partial charge < -0.3 is 19.1 Å². The van der Waals surface area contributed by atoms with E-state index in [4.69, 9.17) is 8.85 Å². The van der Waals surface area contributed by atoms with Crippen molar-refractivity contribution in [2.75, 3.05) is 0 Å². The minimum atomic E-state index is -3.85. The SMILES string of the molecule is CC[Si](CC)(CC)OC(C)(C)CCCC([C@H]1CCC2[C@@H](O[Si](C)(C)C(C)(C)C)CCC[C@@]21C)[C@@H](C[C@@H](O)C(C)(C)O)S(=O)(=O)c1ccccc1. The zero-order valence-electron chi connectivity index (χ0n) is 34.3. The topological polar surface area (TPSA) is 93.1 Å². The number of aliphatic hydroxyl groups excluding tert-OH is 1. The molecule has 2 aliphatic rings. The molecule has 2 aliphatic carbocycles. The van der Waals surface area contributed by atoms with Gasteiger partial charge in [-0.2, -0.15) is 0 Å². The summed E-state index contributed by atoms with van der Waals surface area (Å²) < 4.78 is 43.9. The van der Waals surface area contributed by atoms with E-state index in [1.54, 1.807) is 38.1 Å². The second-order valence-corrected chi connectivity index (χ2v) is 30.7. The van der Waals surface area contributed by atoms with Gasteiger partial charge in [-0.05, 0) is 144 Å². The fourth-order valence-corrected chi connectivity index (χ4v) is 16.1. The molecule has 2 saturated carbocycles. The molecule has 290 valence electrons. The summed E-state index contributed by atoms with van der Waals surface area (Å²) in [5.41, 5.74) is -1.79. The lowest BCUT2D eigenvalue weighted by atomic mass is 9.60. The van der Waals surface area contributed by atoms with E-state index >= 15 is 0 Å². The van der Waals surface area contributed by atoms with Crippen molar-refractivity contribution in [2.24, 2.45) is 23.2 Å². The number of sulfone groups is 1. The van der Waals surface area contributed by atoms with Crippen LogP contribution in [0.2, 0.25) is 36.3 Å². The van der Waals surface area contributed by atoms with Gasteiger partial charge in [0.05, 0.1) is 27.5 Å². The molecule has 2 fully saturated rings. The predicted octanol–water partition coefficient (Wildman–Crippen LogP) is 10.5. The normalized spacial score (nSPS) is 26.0. The van der Waals surface area contributed by atoms with Gasteiger partial charge in [-0.25, -0.2) is 8.42 Å². The molecule has 2 unspecified atom stereocenters. The minimum Gasteiger partial charge on any atom is -0.414 e. The van der Waals surface area contributed by atoms with E-state index in [0.717, 1.165) is 69.5 Å². The Labute approximate surface area is 310 Å². The van der Waals surface area contributed by atoms with Gasteiger partial charge in [0.2, 0.25) is 0 Å². The first-order valence-electron chi connectivity index (χ1n) is 20.0. The molecule has 0 amide bonds. The Kier molecular flexibility index (Phi) is 14.4. The lowest BCUT2D eigenvalue weighted by Gasteiger charge is -2.51. The van der Waals surface area contributed by atoms with Crippen molar-refractivity contribution in [1.29, 1.82) is 0 Å². The van der Waals surface area contributed by atoms with Crippen LogP contribution in [-0.4, -0.2) is 63.9 Å². The summed E-state index contributed by atoms with van der Waals surface area (Å²) in [6, 6.07) is 12.1. The van der Waals surface area contributed by atoms with E-state index in [9.17, 15) is 18.6 Å². The first-order chi connectivity index (χ1) is 22.9. The summed E-state index contributed by atoms with van der Waals surface area (Å²) in [7, 11) is -7.70. The van der Waals surface area contributed by atoms with Gasteiger partial charge in [0, 0.05) is 6.10 Å². The van der Waals surface area contributed by atoms with Crippen molar-refractivity contribution in [2.45, 2.75) is 204 Å². The van der Waals surface area contributed by atoms with Crippen LogP contribution in [0, 0.1) is 23.2 Å². The van der Waals surface area contributed by atoms with E-state index in [-0.39, 0.29) is 40.4 Å². The van der Waals surface area contributed by atoms with Crippen LogP contribution >= 0.6 is 0 Å². The molecular formula is C41H76O6SSi2. The first-order valence-corrected chi connectivity index (χ1v) is 27.0. The van der Waals surface area contributed by atoms with Crippen LogP contribution in [0.1, 0.15) is 134 Å². The van der Waals surface area contributed by atoms with E-state index in [1.807, 2.05) is 6.07 Å². The van der Waals surface area contributed by atoms with Crippen LogP contribution in [0.4, 0.5) is 0 Å². The van der Waals surface area contributed by atoms with Crippen LogP contribution in [-0.2, 0) is 18.7 Å². The molecule has 0 radical (unpaired) electrons. The highest BCUT2D eigenvalue weighted by Crippen LogP contribution is 2.61. The summed E-state index contributed by atoms with van der Waals surface area (Å²) in [5, 5.41) is 21.7. The third-order valence-corrected chi connectivity index (χ3v) is 25.5. The smallest absolute Gasteiger partial charge is 0.192 e. The van der Waals surface area contributed by atoms with Crippen LogP contribution < -0.4 is 0 Å². The summed E-state index contributed by atoms with van der Waals surface area (Å²) in [4.78, 5) is 0.300. The summed E-state index contributed by atoms with van der Waals surface area (Å²) in [6.07, 6.45) is 6.66. The molecule has 0 aliphatic heterocycles. The predicted molar refractivity (Wildman–Crippen MR) is 214 cm³/mol. The fraction of sp³-hybridized carbons (Fsp3) is 0.854. The highest BCUT2D eigenvalue weighted by Gasteiger charge is 2.57. The molecule has 0 bridgehead atoms. The molecule has 6 nitrogen and oxygen atoms in total.